The number of benzene rings is 2. The van der Waals surface area contributed by atoms with Crippen molar-refractivity contribution < 1.29 is 14.4 Å². The highest BCUT2D eigenvalue weighted by molar-refractivity contribution is 6.34. The molecular formula is C19H16N2O3. The smallest absolute Gasteiger partial charge is 0.266 e. The number of hydrogen-bond acceptors (Lipinski definition) is 3. The second-order valence-corrected chi connectivity index (χ2v) is 6.83. The number of anilines is 2. The summed E-state index contributed by atoms with van der Waals surface area (Å²) in [6.07, 6.45) is 0.409. The summed E-state index contributed by atoms with van der Waals surface area (Å²) in [5.41, 5.74) is 2.66. The average Bonchev–Trinajstić information content (AvgIpc) is 2.78. The van der Waals surface area contributed by atoms with Gasteiger partial charge in [0.15, 0.2) is 0 Å². The maximum atomic E-state index is 12.6. The molecule has 0 aliphatic carbocycles. The lowest BCUT2D eigenvalue weighted by Gasteiger charge is -2.32. The normalized spacial score (nSPS) is 18.2. The number of hydrogen-bond donors (Lipinski definition) is 1. The van der Waals surface area contributed by atoms with E-state index < -0.39 is 0 Å². The van der Waals surface area contributed by atoms with Gasteiger partial charge in [-0.25, -0.2) is 4.90 Å². The fourth-order valence-electron chi connectivity index (χ4n) is 3.48. The molecule has 4 rings (SSSR count). The first kappa shape index (κ1) is 14.6. The van der Waals surface area contributed by atoms with Crippen LogP contribution >= 0.6 is 0 Å². The highest BCUT2D eigenvalue weighted by Gasteiger charge is 2.38. The van der Waals surface area contributed by atoms with Crippen LogP contribution in [0, 0.1) is 0 Å². The van der Waals surface area contributed by atoms with Gasteiger partial charge in [-0.1, -0.05) is 32.0 Å². The Bertz CT molecular complexity index is 880. The first-order chi connectivity index (χ1) is 11.4. The van der Waals surface area contributed by atoms with Crippen molar-refractivity contribution in [3.63, 3.8) is 0 Å². The lowest BCUT2D eigenvalue weighted by atomic mass is 9.78. The first-order valence-electron chi connectivity index (χ1n) is 7.81. The van der Waals surface area contributed by atoms with Crippen molar-refractivity contribution in [1.82, 2.24) is 0 Å². The molecule has 0 fully saturated rings. The van der Waals surface area contributed by atoms with Crippen LogP contribution in [-0.2, 0) is 10.2 Å². The molecule has 2 aliphatic rings. The van der Waals surface area contributed by atoms with Crippen LogP contribution in [0.4, 0.5) is 11.4 Å². The van der Waals surface area contributed by atoms with Crippen LogP contribution < -0.4 is 10.2 Å². The summed E-state index contributed by atoms with van der Waals surface area (Å²) in [7, 11) is 0. The van der Waals surface area contributed by atoms with Gasteiger partial charge < -0.3 is 5.32 Å². The molecule has 0 atom stereocenters. The van der Waals surface area contributed by atoms with Crippen LogP contribution in [0.15, 0.2) is 42.5 Å². The predicted octanol–water partition coefficient (Wildman–Crippen LogP) is 3.11. The fourth-order valence-corrected chi connectivity index (χ4v) is 3.48. The zero-order valence-corrected chi connectivity index (χ0v) is 13.4. The predicted molar refractivity (Wildman–Crippen MR) is 90.3 cm³/mol. The van der Waals surface area contributed by atoms with Gasteiger partial charge in [0.25, 0.3) is 11.8 Å². The molecule has 5 nitrogen and oxygen atoms in total. The number of rotatable bonds is 1. The third-order valence-corrected chi connectivity index (χ3v) is 4.66. The van der Waals surface area contributed by atoms with Crippen molar-refractivity contribution in [2.45, 2.75) is 25.7 Å². The molecule has 120 valence electrons. The van der Waals surface area contributed by atoms with E-state index in [1.54, 1.807) is 36.4 Å². The van der Waals surface area contributed by atoms with E-state index >= 15 is 0 Å². The largest absolute Gasteiger partial charge is 0.326 e. The molecule has 3 amide bonds. The van der Waals surface area contributed by atoms with Gasteiger partial charge in [0.1, 0.15) is 0 Å². The maximum absolute atomic E-state index is 12.6. The molecule has 2 aliphatic heterocycles. The van der Waals surface area contributed by atoms with Gasteiger partial charge in [-0.3, -0.25) is 14.4 Å². The number of imide groups is 1. The molecule has 2 aromatic carbocycles. The minimum Gasteiger partial charge on any atom is -0.326 e. The molecule has 2 heterocycles. The van der Waals surface area contributed by atoms with Gasteiger partial charge in [0, 0.05) is 17.5 Å². The molecule has 1 N–H and O–H groups in total. The Morgan fingerprint density at radius 1 is 0.958 bits per heavy atom. The second kappa shape index (κ2) is 4.77. The molecule has 0 aromatic heterocycles. The van der Waals surface area contributed by atoms with E-state index in [2.05, 4.69) is 5.32 Å². The molecule has 0 saturated heterocycles. The Hall–Kier alpha value is -2.95. The first-order valence-corrected chi connectivity index (χ1v) is 7.81. The molecule has 0 unspecified atom stereocenters. The summed E-state index contributed by atoms with van der Waals surface area (Å²) in [6, 6.07) is 12.1. The average molecular weight is 320 g/mol. The Balaban J connectivity index is 1.80. The van der Waals surface area contributed by atoms with Gasteiger partial charge in [0.2, 0.25) is 5.91 Å². The number of fused-ring (bicyclic) bond motifs is 2. The van der Waals surface area contributed by atoms with Crippen LogP contribution in [0.5, 0.6) is 0 Å². The highest BCUT2D eigenvalue weighted by atomic mass is 16.2. The summed E-state index contributed by atoms with van der Waals surface area (Å²) in [5, 5.41) is 2.84. The molecule has 0 spiro atoms. The fraction of sp³-hybridized carbons (Fsp3) is 0.211. The second-order valence-electron chi connectivity index (χ2n) is 6.83. The number of carbonyl (C=O) groups is 3. The van der Waals surface area contributed by atoms with Gasteiger partial charge in [-0.05, 0) is 29.8 Å². The van der Waals surface area contributed by atoms with Crippen LogP contribution in [-0.4, -0.2) is 17.7 Å². The third kappa shape index (κ3) is 1.98. The van der Waals surface area contributed by atoms with Crippen molar-refractivity contribution in [2.24, 2.45) is 0 Å². The summed E-state index contributed by atoms with van der Waals surface area (Å²) in [4.78, 5) is 38.3. The van der Waals surface area contributed by atoms with E-state index in [-0.39, 0.29) is 23.1 Å². The molecule has 0 saturated carbocycles. The van der Waals surface area contributed by atoms with Crippen LogP contribution in [0.2, 0.25) is 0 Å². The third-order valence-electron chi connectivity index (χ3n) is 4.66. The zero-order valence-electron chi connectivity index (χ0n) is 13.4. The Kier molecular flexibility index (Phi) is 2.91. The highest BCUT2D eigenvalue weighted by Crippen LogP contribution is 2.40. The standard InChI is InChI=1S/C19H16N2O3/c1-19(2)10-16(22)20-15-9-11(7-8-14(15)19)21-17(23)12-5-3-4-6-13(12)18(21)24/h3-9H,10H2,1-2H3,(H,20,22). The number of carbonyl (C=O) groups excluding carboxylic acids is 3. The summed E-state index contributed by atoms with van der Waals surface area (Å²) in [6.45, 7) is 4.01. The van der Waals surface area contributed by atoms with Gasteiger partial charge in [-0.2, -0.15) is 0 Å². The molecule has 0 radical (unpaired) electrons. The molecular weight excluding hydrogens is 304 g/mol. The number of amides is 3. The topological polar surface area (TPSA) is 66.5 Å². The minimum atomic E-state index is -0.336. The monoisotopic (exact) mass is 320 g/mol. The Labute approximate surface area is 139 Å². The van der Waals surface area contributed by atoms with Gasteiger partial charge in [-0.15, -0.1) is 0 Å². The zero-order chi connectivity index (χ0) is 17.1. The quantitative estimate of drug-likeness (QED) is 0.821. The van der Waals surface area contributed by atoms with E-state index in [1.807, 2.05) is 19.9 Å². The van der Waals surface area contributed by atoms with E-state index in [0.29, 0.717) is 28.9 Å². The summed E-state index contributed by atoms with van der Waals surface area (Å²) in [5.74, 6) is -0.735. The van der Waals surface area contributed by atoms with Gasteiger partial charge >= 0.3 is 0 Å². The van der Waals surface area contributed by atoms with E-state index in [4.69, 9.17) is 0 Å². The lowest BCUT2D eigenvalue weighted by molar-refractivity contribution is -0.117. The van der Waals surface area contributed by atoms with Crippen molar-refractivity contribution in [3.8, 4) is 0 Å². The van der Waals surface area contributed by atoms with Crippen molar-refractivity contribution >= 4 is 29.1 Å². The molecule has 5 heteroatoms. The maximum Gasteiger partial charge on any atom is 0.266 e. The summed E-state index contributed by atoms with van der Waals surface area (Å²) >= 11 is 0. The van der Waals surface area contributed by atoms with Crippen molar-refractivity contribution in [3.05, 3.63) is 59.2 Å². The van der Waals surface area contributed by atoms with Crippen molar-refractivity contribution in [2.75, 3.05) is 10.2 Å². The molecule has 24 heavy (non-hydrogen) atoms. The van der Waals surface area contributed by atoms with E-state index in [0.717, 1.165) is 5.56 Å². The number of nitrogens with one attached hydrogen (secondary N) is 1. The number of nitrogens with zero attached hydrogens (tertiary/aromatic N) is 1. The molecule has 0 bridgehead atoms. The Morgan fingerprint density at radius 3 is 2.21 bits per heavy atom. The van der Waals surface area contributed by atoms with E-state index in [1.165, 1.54) is 4.90 Å². The Morgan fingerprint density at radius 2 is 1.58 bits per heavy atom. The SMILES string of the molecule is CC1(C)CC(=O)Nc2cc(N3C(=O)c4ccccc4C3=O)ccc21. The van der Waals surface area contributed by atoms with Crippen molar-refractivity contribution in [1.29, 1.82) is 0 Å². The summed E-state index contributed by atoms with van der Waals surface area (Å²) < 4.78 is 0. The van der Waals surface area contributed by atoms with Crippen LogP contribution in [0.1, 0.15) is 46.5 Å². The van der Waals surface area contributed by atoms with Crippen LogP contribution in [0.25, 0.3) is 0 Å². The molecule has 2 aromatic rings. The van der Waals surface area contributed by atoms with E-state index in [9.17, 15) is 14.4 Å². The lowest BCUT2D eigenvalue weighted by Crippen LogP contribution is -2.33. The minimum absolute atomic E-state index is 0.0630. The van der Waals surface area contributed by atoms with Gasteiger partial charge in [0.05, 0.1) is 16.8 Å². The van der Waals surface area contributed by atoms with Crippen LogP contribution in [0.3, 0.4) is 0 Å².